The standard InChI is InChI=1S/C17H13Cl2N3O2/c18-11-6-5-10(9-12(11)19)20-16(23)8-7-15-17(24)22-14-4-2-1-3-13(14)21-15/h1-6,9H,7-8H2,(H,20,23)(H,22,24). The maximum absolute atomic E-state index is 12.0. The van der Waals surface area contributed by atoms with Gasteiger partial charge in [-0.2, -0.15) is 0 Å². The van der Waals surface area contributed by atoms with Crippen LogP contribution in [-0.4, -0.2) is 15.9 Å². The maximum atomic E-state index is 12.0. The second-order valence-corrected chi connectivity index (χ2v) is 6.02. The lowest BCUT2D eigenvalue weighted by Crippen LogP contribution is -2.19. The summed E-state index contributed by atoms with van der Waals surface area (Å²) in [6, 6.07) is 12.1. The van der Waals surface area contributed by atoms with Gasteiger partial charge in [-0.25, -0.2) is 4.98 Å². The number of nitrogens with zero attached hydrogens (tertiary/aromatic N) is 1. The van der Waals surface area contributed by atoms with Crippen molar-refractivity contribution in [2.45, 2.75) is 12.8 Å². The van der Waals surface area contributed by atoms with E-state index in [1.165, 1.54) is 0 Å². The summed E-state index contributed by atoms with van der Waals surface area (Å²) in [6.45, 7) is 0. The van der Waals surface area contributed by atoms with Gasteiger partial charge in [-0.15, -0.1) is 0 Å². The van der Waals surface area contributed by atoms with E-state index in [2.05, 4.69) is 15.3 Å². The van der Waals surface area contributed by atoms with Gasteiger partial charge in [0.25, 0.3) is 5.56 Å². The van der Waals surface area contributed by atoms with Gasteiger partial charge >= 0.3 is 0 Å². The molecule has 2 N–H and O–H groups in total. The van der Waals surface area contributed by atoms with Crippen molar-refractivity contribution in [2.24, 2.45) is 0 Å². The number of rotatable bonds is 4. The molecule has 0 unspecified atom stereocenters. The van der Waals surface area contributed by atoms with E-state index in [-0.39, 0.29) is 24.3 Å². The van der Waals surface area contributed by atoms with Crippen LogP contribution in [0.1, 0.15) is 12.1 Å². The molecule has 7 heteroatoms. The summed E-state index contributed by atoms with van der Waals surface area (Å²) >= 11 is 11.7. The van der Waals surface area contributed by atoms with Crippen molar-refractivity contribution in [2.75, 3.05) is 5.32 Å². The number of amides is 1. The van der Waals surface area contributed by atoms with Crippen molar-refractivity contribution in [1.82, 2.24) is 9.97 Å². The summed E-state index contributed by atoms with van der Waals surface area (Å²) in [6.07, 6.45) is 0.377. The summed E-state index contributed by atoms with van der Waals surface area (Å²) in [4.78, 5) is 31.1. The number of nitrogens with one attached hydrogen (secondary N) is 2. The molecule has 2 aromatic carbocycles. The van der Waals surface area contributed by atoms with Gasteiger partial charge in [0, 0.05) is 18.5 Å². The molecule has 0 fully saturated rings. The average Bonchev–Trinajstić information content (AvgIpc) is 2.56. The highest BCUT2D eigenvalue weighted by molar-refractivity contribution is 6.42. The normalized spacial score (nSPS) is 10.8. The Morgan fingerprint density at radius 3 is 2.71 bits per heavy atom. The Morgan fingerprint density at radius 2 is 1.92 bits per heavy atom. The fourth-order valence-corrected chi connectivity index (χ4v) is 2.56. The second kappa shape index (κ2) is 7.03. The van der Waals surface area contributed by atoms with E-state index in [0.29, 0.717) is 32.5 Å². The zero-order valence-electron chi connectivity index (χ0n) is 12.5. The third-order valence-corrected chi connectivity index (χ3v) is 4.20. The number of halogens is 2. The first-order valence-corrected chi connectivity index (χ1v) is 8.01. The molecule has 1 aromatic heterocycles. The highest BCUT2D eigenvalue weighted by Gasteiger charge is 2.09. The number of aromatic nitrogens is 2. The molecular weight excluding hydrogens is 349 g/mol. The van der Waals surface area contributed by atoms with Crippen LogP contribution in [0.3, 0.4) is 0 Å². The fraction of sp³-hybridized carbons (Fsp3) is 0.118. The van der Waals surface area contributed by atoms with Crippen LogP contribution in [0.5, 0.6) is 0 Å². The molecule has 0 saturated heterocycles. The van der Waals surface area contributed by atoms with Crippen molar-refractivity contribution < 1.29 is 4.79 Å². The van der Waals surface area contributed by atoms with Crippen molar-refractivity contribution >= 4 is 45.8 Å². The third-order valence-electron chi connectivity index (χ3n) is 3.46. The van der Waals surface area contributed by atoms with Crippen LogP contribution in [0.2, 0.25) is 10.0 Å². The molecule has 0 atom stereocenters. The van der Waals surface area contributed by atoms with Crippen molar-refractivity contribution in [3.8, 4) is 0 Å². The number of hydrogen-bond acceptors (Lipinski definition) is 3. The lowest BCUT2D eigenvalue weighted by atomic mass is 10.2. The molecule has 0 aliphatic rings. The zero-order chi connectivity index (χ0) is 17.1. The van der Waals surface area contributed by atoms with E-state index in [4.69, 9.17) is 23.2 Å². The van der Waals surface area contributed by atoms with Gasteiger partial charge in [0.1, 0.15) is 5.69 Å². The predicted octanol–water partition coefficient (Wildman–Crippen LogP) is 3.80. The first kappa shape index (κ1) is 16.5. The van der Waals surface area contributed by atoms with Crippen molar-refractivity contribution in [3.05, 3.63) is 68.6 Å². The van der Waals surface area contributed by atoms with E-state index in [0.717, 1.165) is 0 Å². The van der Waals surface area contributed by atoms with Gasteiger partial charge in [0.15, 0.2) is 0 Å². The van der Waals surface area contributed by atoms with Crippen molar-refractivity contribution in [3.63, 3.8) is 0 Å². The Hall–Kier alpha value is -2.37. The van der Waals surface area contributed by atoms with Crippen LogP contribution in [-0.2, 0) is 11.2 Å². The smallest absolute Gasteiger partial charge is 0.270 e. The zero-order valence-corrected chi connectivity index (χ0v) is 14.0. The van der Waals surface area contributed by atoms with E-state index >= 15 is 0 Å². The number of aromatic amines is 1. The molecule has 24 heavy (non-hydrogen) atoms. The minimum absolute atomic E-state index is 0.134. The topological polar surface area (TPSA) is 74.8 Å². The van der Waals surface area contributed by atoms with Crippen molar-refractivity contribution in [1.29, 1.82) is 0 Å². The lowest BCUT2D eigenvalue weighted by Gasteiger charge is -2.06. The van der Waals surface area contributed by atoms with E-state index in [1.807, 2.05) is 18.2 Å². The molecular formula is C17H13Cl2N3O2. The minimum atomic E-state index is -0.281. The minimum Gasteiger partial charge on any atom is -0.326 e. The predicted molar refractivity (Wildman–Crippen MR) is 95.8 cm³/mol. The lowest BCUT2D eigenvalue weighted by molar-refractivity contribution is -0.116. The molecule has 0 aliphatic heterocycles. The summed E-state index contributed by atoms with van der Waals surface area (Å²) in [5.41, 5.74) is 1.97. The Kier molecular flexibility index (Phi) is 4.83. The number of aryl methyl sites for hydroxylation is 1. The number of H-pyrrole nitrogens is 1. The number of carbonyl (C=O) groups is 1. The average molecular weight is 362 g/mol. The monoisotopic (exact) mass is 361 g/mol. The quantitative estimate of drug-likeness (QED) is 0.741. The fourth-order valence-electron chi connectivity index (χ4n) is 2.27. The Bertz CT molecular complexity index is 969. The van der Waals surface area contributed by atoms with E-state index in [9.17, 15) is 9.59 Å². The highest BCUT2D eigenvalue weighted by Crippen LogP contribution is 2.25. The molecule has 3 rings (SSSR count). The number of carbonyl (C=O) groups excluding carboxylic acids is 1. The van der Waals surface area contributed by atoms with Crippen LogP contribution < -0.4 is 10.9 Å². The van der Waals surface area contributed by atoms with Gasteiger partial charge in [-0.3, -0.25) is 9.59 Å². The van der Waals surface area contributed by atoms with Crippen LogP contribution in [0.25, 0.3) is 11.0 Å². The van der Waals surface area contributed by atoms with Gasteiger partial charge in [0.2, 0.25) is 5.91 Å². The molecule has 1 amide bonds. The Balaban J connectivity index is 1.68. The second-order valence-electron chi connectivity index (χ2n) is 5.21. The Morgan fingerprint density at radius 1 is 1.12 bits per heavy atom. The van der Waals surface area contributed by atoms with E-state index < -0.39 is 0 Å². The largest absolute Gasteiger partial charge is 0.326 e. The molecule has 0 bridgehead atoms. The molecule has 3 aromatic rings. The molecule has 0 radical (unpaired) electrons. The number of anilines is 1. The third kappa shape index (κ3) is 3.75. The molecule has 1 heterocycles. The van der Waals surface area contributed by atoms with Gasteiger partial charge in [-0.1, -0.05) is 35.3 Å². The van der Waals surface area contributed by atoms with Gasteiger partial charge in [-0.05, 0) is 30.3 Å². The molecule has 0 spiro atoms. The Labute approximate surface area is 147 Å². The van der Waals surface area contributed by atoms with E-state index in [1.54, 1.807) is 24.3 Å². The summed E-state index contributed by atoms with van der Waals surface area (Å²) in [5.74, 6) is -0.234. The first-order valence-electron chi connectivity index (χ1n) is 7.26. The number of hydrogen-bond donors (Lipinski definition) is 2. The first-order chi connectivity index (χ1) is 11.5. The highest BCUT2D eigenvalue weighted by atomic mass is 35.5. The molecule has 122 valence electrons. The van der Waals surface area contributed by atoms with Crippen LogP contribution in [0.4, 0.5) is 5.69 Å². The SMILES string of the molecule is O=C(CCc1nc2ccccc2[nH]c1=O)Nc1ccc(Cl)c(Cl)c1. The van der Waals surface area contributed by atoms with Gasteiger partial charge in [0.05, 0.1) is 21.1 Å². The number of benzene rings is 2. The van der Waals surface area contributed by atoms with Crippen LogP contribution >= 0.6 is 23.2 Å². The molecule has 0 saturated carbocycles. The molecule has 0 aliphatic carbocycles. The maximum Gasteiger partial charge on any atom is 0.270 e. The molecule has 5 nitrogen and oxygen atoms in total. The summed E-state index contributed by atoms with van der Waals surface area (Å²) < 4.78 is 0. The number of fused-ring (bicyclic) bond motifs is 1. The summed E-state index contributed by atoms with van der Waals surface area (Å²) in [7, 11) is 0. The van der Waals surface area contributed by atoms with Gasteiger partial charge < -0.3 is 10.3 Å². The number of para-hydroxylation sites is 2. The summed E-state index contributed by atoms with van der Waals surface area (Å²) in [5, 5.41) is 3.50. The van der Waals surface area contributed by atoms with Crippen LogP contribution in [0, 0.1) is 0 Å². The van der Waals surface area contributed by atoms with Crippen LogP contribution in [0.15, 0.2) is 47.3 Å².